The highest BCUT2D eigenvalue weighted by Gasteiger charge is 2.32. The van der Waals surface area contributed by atoms with Gasteiger partial charge < -0.3 is 18.9 Å². The van der Waals surface area contributed by atoms with Crippen molar-refractivity contribution in [1.29, 1.82) is 0 Å². The Morgan fingerprint density at radius 2 is 1.87 bits per heavy atom. The molecule has 3 aromatic rings. The van der Waals surface area contributed by atoms with Crippen molar-refractivity contribution >= 4 is 11.6 Å². The molecule has 0 atom stereocenters. The van der Waals surface area contributed by atoms with E-state index in [1.165, 1.54) is 18.2 Å². The number of fused-ring (bicyclic) bond motifs is 1. The highest BCUT2D eigenvalue weighted by Crippen LogP contribution is 2.33. The van der Waals surface area contributed by atoms with E-state index in [9.17, 15) is 18.0 Å². The number of rotatable bonds is 5. The fourth-order valence-corrected chi connectivity index (χ4v) is 3.51. The number of hydrogen-bond donors (Lipinski definition) is 0. The molecule has 2 aromatic carbocycles. The maximum atomic E-state index is 13.0. The maximum Gasteiger partial charge on any atom is 0.573 e. The number of halogens is 3. The molecular weight excluding hydrogens is 411 g/mol. The Morgan fingerprint density at radius 1 is 1.13 bits per heavy atom. The van der Waals surface area contributed by atoms with Gasteiger partial charge in [-0.2, -0.15) is 0 Å². The van der Waals surface area contributed by atoms with Crippen LogP contribution in [-0.4, -0.2) is 28.4 Å². The first kappa shape index (κ1) is 20.8. The minimum Gasteiger partial charge on any atom is -0.486 e. The number of anilines is 1. The van der Waals surface area contributed by atoms with E-state index in [2.05, 4.69) is 9.72 Å². The van der Waals surface area contributed by atoms with Gasteiger partial charge in [-0.05, 0) is 60.9 Å². The molecule has 0 aliphatic carbocycles. The number of carbonyl (C=O) groups excluding carboxylic acids is 1. The van der Waals surface area contributed by atoms with Gasteiger partial charge in [-0.1, -0.05) is 0 Å². The van der Waals surface area contributed by atoms with Gasteiger partial charge in [0.1, 0.15) is 23.9 Å². The average molecular weight is 431 g/mol. The normalized spacial score (nSPS) is 13.6. The third-order valence-electron chi connectivity index (χ3n) is 5.04. The highest BCUT2D eigenvalue weighted by atomic mass is 19.4. The molecule has 162 valence electrons. The van der Waals surface area contributed by atoms with Crippen LogP contribution in [0.1, 0.15) is 28.2 Å². The topological polar surface area (TPSA) is 56.6 Å². The SMILES string of the molecule is Cn1ccnc1COc1ccc(C(=O)N2CCCc3cc(OC(F)(F)F)ccc32)cc1. The summed E-state index contributed by atoms with van der Waals surface area (Å²) in [4.78, 5) is 18.8. The van der Waals surface area contributed by atoms with Crippen LogP contribution in [0.25, 0.3) is 0 Å². The summed E-state index contributed by atoms with van der Waals surface area (Å²) in [5, 5.41) is 0. The summed E-state index contributed by atoms with van der Waals surface area (Å²) in [6.45, 7) is 0.793. The molecule has 0 N–H and O–H groups in total. The summed E-state index contributed by atoms with van der Waals surface area (Å²) in [6.07, 6.45) is -0.00400. The molecule has 1 aliphatic heterocycles. The number of imidazole rings is 1. The van der Waals surface area contributed by atoms with Crippen LogP contribution < -0.4 is 14.4 Å². The van der Waals surface area contributed by atoms with Crippen LogP contribution >= 0.6 is 0 Å². The largest absolute Gasteiger partial charge is 0.573 e. The van der Waals surface area contributed by atoms with Gasteiger partial charge in [0.2, 0.25) is 0 Å². The predicted octanol–water partition coefficient (Wildman–Crippen LogP) is 4.49. The van der Waals surface area contributed by atoms with Gasteiger partial charge in [0.15, 0.2) is 0 Å². The fourth-order valence-electron chi connectivity index (χ4n) is 3.51. The summed E-state index contributed by atoms with van der Waals surface area (Å²) in [7, 11) is 1.88. The first-order valence-corrected chi connectivity index (χ1v) is 9.70. The monoisotopic (exact) mass is 431 g/mol. The van der Waals surface area contributed by atoms with Crippen molar-refractivity contribution in [2.45, 2.75) is 25.8 Å². The second-order valence-electron chi connectivity index (χ2n) is 7.17. The maximum absolute atomic E-state index is 13.0. The average Bonchev–Trinajstić information content (AvgIpc) is 3.15. The molecular formula is C22H20F3N3O3. The van der Waals surface area contributed by atoms with Crippen molar-refractivity contribution in [1.82, 2.24) is 9.55 Å². The van der Waals surface area contributed by atoms with Gasteiger partial charge in [-0.15, -0.1) is 13.2 Å². The second kappa shape index (κ2) is 8.33. The van der Waals surface area contributed by atoms with Crippen molar-refractivity contribution in [2.75, 3.05) is 11.4 Å². The minimum absolute atomic E-state index is 0.221. The molecule has 2 heterocycles. The number of amides is 1. The number of nitrogens with zero attached hydrogens (tertiary/aromatic N) is 3. The van der Waals surface area contributed by atoms with Gasteiger partial charge in [-0.3, -0.25) is 4.79 Å². The first-order valence-electron chi connectivity index (χ1n) is 9.70. The molecule has 0 saturated carbocycles. The third-order valence-corrected chi connectivity index (χ3v) is 5.04. The molecule has 1 aromatic heterocycles. The lowest BCUT2D eigenvalue weighted by Crippen LogP contribution is -2.35. The molecule has 0 saturated heterocycles. The third kappa shape index (κ3) is 4.82. The van der Waals surface area contributed by atoms with Crippen LogP contribution in [-0.2, 0) is 20.1 Å². The van der Waals surface area contributed by atoms with Crippen molar-refractivity contribution < 1.29 is 27.4 Å². The van der Waals surface area contributed by atoms with E-state index < -0.39 is 6.36 Å². The highest BCUT2D eigenvalue weighted by molar-refractivity contribution is 6.06. The van der Waals surface area contributed by atoms with Crippen LogP contribution in [0.2, 0.25) is 0 Å². The number of aryl methyl sites for hydroxylation is 2. The Bertz CT molecular complexity index is 1080. The molecule has 0 unspecified atom stereocenters. The Balaban J connectivity index is 1.47. The number of alkyl halides is 3. The second-order valence-corrected chi connectivity index (χ2v) is 7.17. The summed E-state index contributed by atoms with van der Waals surface area (Å²) in [6, 6.07) is 10.8. The molecule has 0 spiro atoms. The zero-order valence-electron chi connectivity index (χ0n) is 16.7. The number of carbonyl (C=O) groups is 1. The minimum atomic E-state index is -4.75. The lowest BCUT2D eigenvalue weighted by Gasteiger charge is -2.30. The van der Waals surface area contributed by atoms with Crippen LogP contribution in [0, 0.1) is 0 Å². The molecule has 0 radical (unpaired) electrons. The van der Waals surface area contributed by atoms with E-state index in [1.54, 1.807) is 35.4 Å². The molecule has 1 aliphatic rings. The van der Waals surface area contributed by atoms with Gasteiger partial charge in [-0.25, -0.2) is 4.98 Å². The number of ether oxygens (including phenoxy) is 2. The van der Waals surface area contributed by atoms with Crippen molar-refractivity contribution in [3.8, 4) is 11.5 Å². The van der Waals surface area contributed by atoms with Crippen molar-refractivity contribution in [2.24, 2.45) is 7.05 Å². The summed E-state index contributed by atoms with van der Waals surface area (Å²) in [5.41, 5.74) is 1.71. The first-order chi connectivity index (χ1) is 14.8. The molecule has 9 heteroatoms. The predicted molar refractivity (Wildman–Crippen MR) is 107 cm³/mol. The smallest absolute Gasteiger partial charge is 0.486 e. The number of aromatic nitrogens is 2. The summed E-state index contributed by atoms with van der Waals surface area (Å²) >= 11 is 0. The number of hydrogen-bond acceptors (Lipinski definition) is 4. The number of benzene rings is 2. The standard InChI is InChI=1S/C22H20F3N3O3/c1-27-12-10-26-20(27)14-30-17-6-4-15(5-7-17)21(29)28-11-2-3-16-13-18(8-9-19(16)28)31-22(23,24)25/h4-10,12-13H,2-3,11,14H2,1H3. The molecule has 0 bridgehead atoms. The Morgan fingerprint density at radius 3 is 2.55 bits per heavy atom. The van der Waals surface area contributed by atoms with Crippen molar-refractivity contribution in [3.63, 3.8) is 0 Å². The zero-order chi connectivity index (χ0) is 22.0. The van der Waals surface area contributed by atoms with Gasteiger partial charge in [0.05, 0.1) is 0 Å². The van der Waals surface area contributed by atoms with Gasteiger partial charge in [0.25, 0.3) is 5.91 Å². The molecule has 1 amide bonds. The Kier molecular flexibility index (Phi) is 5.58. The van der Waals surface area contributed by atoms with Crippen LogP contribution in [0.4, 0.5) is 18.9 Å². The van der Waals surface area contributed by atoms with Crippen LogP contribution in [0.15, 0.2) is 54.9 Å². The van der Waals surface area contributed by atoms with Gasteiger partial charge in [0, 0.05) is 37.2 Å². The lowest BCUT2D eigenvalue weighted by molar-refractivity contribution is -0.274. The summed E-state index contributed by atoms with van der Waals surface area (Å²) in [5.74, 6) is 0.877. The van der Waals surface area contributed by atoms with E-state index in [0.717, 1.165) is 5.82 Å². The van der Waals surface area contributed by atoms with E-state index in [0.29, 0.717) is 48.6 Å². The van der Waals surface area contributed by atoms with Crippen LogP contribution in [0.5, 0.6) is 11.5 Å². The molecule has 4 rings (SSSR count). The molecule has 31 heavy (non-hydrogen) atoms. The van der Waals surface area contributed by atoms with Crippen molar-refractivity contribution in [3.05, 3.63) is 71.8 Å². The quantitative estimate of drug-likeness (QED) is 0.597. The van der Waals surface area contributed by atoms with E-state index >= 15 is 0 Å². The Hall–Kier alpha value is -3.49. The lowest BCUT2D eigenvalue weighted by atomic mass is 10.0. The van der Waals surface area contributed by atoms with E-state index in [-0.39, 0.29) is 11.7 Å². The zero-order valence-corrected chi connectivity index (χ0v) is 16.7. The van der Waals surface area contributed by atoms with Crippen LogP contribution in [0.3, 0.4) is 0 Å². The van der Waals surface area contributed by atoms with E-state index in [4.69, 9.17) is 4.74 Å². The Labute approximate surface area is 176 Å². The van der Waals surface area contributed by atoms with Gasteiger partial charge >= 0.3 is 6.36 Å². The molecule has 6 nitrogen and oxygen atoms in total. The fraction of sp³-hybridized carbons (Fsp3) is 0.273. The molecule has 0 fully saturated rings. The van der Waals surface area contributed by atoms with E-state index in [1.807, 2.05) is 17.8 Å². The summed E-state index contributed by atoms with van der Waals surface area (Å²) < 4.78 is 49.0.